The van der Waals surface area contributed by atoms with E-state index in [1.807, 2.05) is 38.1 Å². The number of hydrogen-bond acceptors (Lipinski definition) is 2. The Morgan fingerprint density at radius 1 is 1.05 bits per heavy atom. The summed E-state index contributed by atoms with van der Waals surface area (Å²) >= 11 is 15.8. The lowest BCUT2D eigenvalue weighted by Crippen LogP contribution is -2.03. The molecule has 0 unspecified atom stereocenters. The Labute approximate surface area is 131 Å². The van der Waals surface area contributed by atoms with Crippen molar-refractivity contribution in [2.75, 3.05) is 0 Å². The predicted molar refractivity (Wildman–Crippen MR) is 83.1 cm³/mol. The minimum Gasteiger partial charge on any atom is -0.220 e. The molecule has 0 spiro atoms. The van der Waals surface area contributed by atoms with Crippen LogP contribution in [0.25, 0.3) is 0 Å². The first-order chi connectivity index (χ1) is 8.97. The first kappa shape index (κ1) is 14.8. The zero-order valence-electron chi connectivity index (χ0n) is 10.6. The van der Waals surface area contributed by atoms with Crippen molar-refractivity contribution in [3.05, 3.63) is 56.0 Å². The second-order valence-corrected chi connectivity index (χ2v) is 6.22. The summed E-state index contributed by atoms with van der Waals surface area (Å²) in [6.07, 6.45) is 0.616. The number of aromatic nitrogens is 2. The van der Waals surface area contributed by atoms with Crippen LogP contribution in [0, 0.1) is 0 Å². The largest absolute Gasteiger partial charge is 0.220 e. The molecule has 0 N–H and O–H groups in total. The van der Waals surface area contributed by atoms with Crippen LogP contribution in [0.15, 0.2) is 28.7 Å². The fraction of sp³-hybridized carbons (Fsp3) is 0.286. The second kappa shape index (κ2) is 6.21. The Kier molecular flexibility index (Phi) is 4.82. The standard InChI is InChI=1S/C14H13BrCl2N2/c1-8(2)12-13(16)18-11(19-14(12)17)7-9-3-5-10(15)6-4-9/h3-6,8H,7H2,1-2H3. The van der Waals surface area contributed by atoms with Crippen LogP contribution in [0.5, 0.6) is 0 Å². The molecule has 0 aliphatic carbocycles. The predicted octanol–water partition coefficient (Wildman–Crippen LogP) is 5.26. The summed E-state index contributed by atoms with van der Waals surface area (Å²) in [4.78, 5) is 8.66. The molecule has 1 aromatic carbocycles. The molecule has 0 aliphatic heterocycles. The van der Waals surface area contributed by atoms with Crippen LogP contribution < -0.4 is 0 Å². The van der Waals surface area contributed by atoms with Crippen LogP contribution in [0.3, 0.4) is 0 Å². The van der Waals surface area contributed by atoms with Gasteiger partial charge in [-0.25, -0.2) is 9.97 Å². The third-order valence-electron chi connectivity index (χ3n) is 2.75. The van der Waals surface area contributed by atoms with Gasteiger partial charge >= 0.3 is 0 Å². The molecule has 2 aromatic rings. The summed E-state index contributed by atoms with van der Waals surface area (Å²) in [5.74, 6) is 0.850. The molecule has 2 rings (SSSR count). The van der Waals surface area contributed by atoms with Gasteiger partial charge in [-0.2, -0.15) is 0 Å². The van der Waals surface area contributed by atoms with E-state index in [4.69, 9.17) is 23.2 Å². The number of halogens is 3. The van der Waals surface area contributed by atoms with Gasteiger partial charge in [0.25, 0.3) is 0 Å². The Bertz CT molecular complexity index is 559. The molecule has 0 atom stereocenters. The molecule has 5 heteroatoms. The van der Waals surface area contributed by atoms with Gasteiger partial charge < -0.3 is 0 Å². The molecule has 0 aliphatic rings. The second-order valence-electron chi connectivity index (χ2n) is 4.59. The highest BCUT2D eigenvalue weighted by molar-refractivity contribution is 9.10. The molecule has 0 fully saturated rings. The van der Waals surface area contributed by atoms with E-state index in [-0.39, 0.29) is 5.92 Å². The molecule has 100 valence electrons. The zero-order valence-corrected chi connectivity index (χ0v) is 13.7. The fourth-order valence-corrected chi connectivity index (χ4v) is 2.92. The van der Waals surface area contributed by atoms with Gasteiger partial charge in [0, 0.05) is 16.5 Å². The van der Waals surface area contributed by atoms with Crippen molar-refractivity contribution in [2.24, 2.45) is 0 Å². The van der Waals surface area contributed by atoms with E-state index in [0.717, 1.165) is 15.6 Å². The van der Waals surface area contributed by atoms with E-state index in [1.54, 1.807) is 0 Å². The normalized spacial score (nSPS) is 11.1. The number of benzene rings is 1. The highest BCUT2D eigenvalue weighted by atomic mass is 79.9. The SMILES string of the molecule is CC(C)c1c(Cl)nc(Cc2ccc(Br)cc2)nc1Cl. The molecule has 0 saturated carbocycles. The van der Waals surface area contributed by atoms with E-state index in [0.29, 0.717) is 22.6 Å². The maximum atomic E-state index is 6.18. The lowest BCUT2D eigenvalue weighted by Gasteiger charge is -2.11. The van der Waals surface area contributed by atoms with Crippen molar-refractivity contribution in [3.63, 3.8) is 0 Å². The zero-order chi connectivity index (χ0) is 14.0. The monoisotopic (exact) mass is 358 g/mol. The number of rotatable bonds is 3. The van der Waals surface area contributed by atoms with Gasteiger partial charge in [0.15, 0.2) is 0 Å². The number of nitrogens with zero attached hydrogens (tertiary/aromatic N) is 2. The molecule has 1 heterocycles. The molecule has 0 saturated heterocycles. The van der Waals surface area contributed by atoms with Crippen LogP contribution in [0.1, 0.15) is 36.7 Å². The minimum atomic E-state index is 0.210. The van der Waals surface area contributed by atoms with Gasteiger partial charge in [-0.15, -0.1) is 0 Å². The molecular weight excluding hydrogens is 347 g/mol. The summed E-state index contributed by atoms with van der Waals surface area (Å²) in [7, 11) is 0. The van der Waals surface area contributed by atoms with E-state index in [1.165, 1.54) is 0 Å². The lowest BCUT2D eigenvalue weighted by atomic mass is 10.1. The molecule has 0 amide bonds. The van der Waals surface area contributed by atoms with Gasteiger partial charge in [0.05, 0.1) is 0 Å². The Balaban J connectivity index is 2.29. The molecule has 0 bridgehead atoms. The third kappa shape index (κ3) is 3.68. The van der Waals surface area contributed by atoms with Gasteiger partial charge in [-0.1, -0.05) is 65.1 Å². The van der Waals surface area contributed by atoms with E-state index in [2.05, 4.69) is 25.9 Å². The van der Waals surface area contributed by atoms with Gasteiger partial charge in [0.2, 0.25) is 0 Å². The topological polar surface area (TPSA) is 25.8 Å². The van der Waals surface area contributed by atoms with E-state index >= 15 is 0 Å². The van der Waals surface area contributed by atoms with Crippen LogP contribution in [-0.4, -0.2) is 9.97 Å². The van der Waals surface area contributed by atoms with Crippen molar-refractivity contribution in [3.8, 4) is 0 Å². The average Bonchev–Trinajstić information content (AvgIpc) is 2.30. The van der Waals surface area contributed by atoms with Crippen molar-refractivity contribution in [1.82, 2.24) is 9.97 Å². The van der Waals surface area contributed by atoms with Gasteiger partial charge in [-0.3, -0.25) is 0 Å². The Morgan fingerprint density at radius 2 is 1.58 bits per heavy atom. The third-order valence-corrected chi connectivity index (χ3v) is 3.86. The molecule has 1 aromatic heterocycles. The quantitative estimate of drug-likeness (QED) is 0.698. The smallest absolute Gasteiger partial charge is 0.137 e. The van der Waals surface area contributed by atoms with Crippen molar-refractivity contribution in [2.45, 2.75) is 26.2 Å². The lowest BCUT2D eigenvalue weighted by molar-refractivity contribution is 0.830. The van der Waals surface area contributed by atoms with E-state index in [9.17, 15) is 0 Å². The summed E-state index contributed by atoms with van der Waals surface area (Å²) in [6, 6.07) is 8.01. The summed E-state index contributed by atoms with van der Waals surface area (Å²) in [5.41, 5.74) is 1.93. The van der Waals surface area contributed by atoms with Crippen molar-refractivity contribution >= 4 is 39.1 Å². The first-order valence-corrected chi connectivity index (χ1v) is 7.48. The van der Waals surface area contributed by atoms with Crippen molar-refractivity contribution < 1.29 is 0 Å². The number of hydrogen-bond donors (Lipinski definition) is 0. The van der Waals surface area contributed by atoms with Crippen LogP contribution >= 0.6 is 39.1 Å². The summed E-state index contributed by atoms with van der Waals surface area (Å²) < 4.78 is 1.04. The minimum absolute atomic E-state index is 0.210. The summed E-state index contributed by atoms with van der Waals surface area (Å²) in [5, 5.41) is 0.893. The van der Waals surface area contributed by atoms with E-state index < -0.39 is 0 Å². The molecular formula is C14H13BrCl2N2. The maximum absolute atomic E-state index is 6.18. The van der Waals surface area contributed by atoms with Crippen molar-refractivity contribution in [1.29, 1.82) is 0 Å². The highest BCUT2D eigenvalue weighted by Gasteiger charge is 2.14. The fourth-order valence-electron chi connectivity index (χ4n) is 1.80. The Hall–Kier alpha value is -0.640. The molecule has 19 heavy (non-hydrogen) atoms. The van der Waals surface area contributed by atoms with Crippen LogP contribution in [-0.2, 0) is 6.42 Å². The maximum Gasteiger partial charge on any atom is 0.137 e. The van der Waals surface area contributed by atoms with Gasteiger partial charge in [0.1, 0.15) is 16.1 Å². The van der Waals surface area contributed by atoms with Crippen LogP contribution in [0.2, 0.25) is 10.3 Å². The van der Waals surface area contributed by atoms with Crippen LogP contribution in [0.4, 0.5) is 0 Å². The molecule has 0 radical (unpaired) electrons. The van der Waals surface area contributed by atoms with Gasteiger partial charge in [-0.05, 0) is 23.6 Å². The average molecular weight is 360 g/mol. The summed E-state index contributed by atoms with van der Waals surface area (Å²) in [6.45, 7) is 4.04. The first-order valence-electron chi connectivity index (χ1n) is 5.93. The highest BCUT2D eigenvalue weighted by Crippen LogP contribution is 2.29. The Morgan fingerprint density at radius 3 is 2.05 bits per heavy atom. The molecule has 2 nitrogen and oxygen atoms in total.